The molecule has 17 heavy (non-hydrogen) atoms. The summed E-state index contributed by atoms with van der Waals surface area (Å²) in [5.41, 5.74) is 7.67. The van der Waals surface area contributed by atoms with Crippen molar-refractivity contribution < 1.29 is 9.13 Å². The molecule has 1 aromatic carbocycles. The van der Waals surface area contributed by atoms with Crippen molar-refractivity contribution in [1.29, 1.82) is 0 Å². The third-order valence-electron chi connectivity index (χ3n) is 3.02. The summed E-state index contributed by atoms with van der Waals surface area (Å²) in [4.78, 5) is 2.26. The minimum absolute atomic E-state index is 0.191. The molecule has 0 spiro atoms. The first-order valence-corrected chi connectivity index (χ1v) is 6.12. The fourth-order valence-electron chi connectivity index (χ4n) is 2.21. The van der Waals surface area contributed by atoms with Crippen LogP contribution in [-0.2, 0) is 11.2 Å². The molecule has 1 heterocycles. The molecule has 0 aliphatic carbocycles. The van der Waals surface area contributed by atoms with Crippen LogP contribution in [0, 0.1) is 5.82 Å². The first-order chi connectivity index (χ1) is 8.31. The Labute approximate surface area is 101 Å². The van der Waals surface area contributed by atoms with Crippen LogP contribution in [-0.4, -0.2) is 32.8 Å². The molecule has 1 aromatic rings. The van der Waals surface area contributed by atoms with Gasteiger partial charge in [-0.15, -0.1) is 0 Å². The molecule has 0 radical (unpaired) electrons. The minimum Gasteiger partial charge on any atom is -0.380 e. The molecule has 0 aromatic heterocycles. The van der Waals surface area contributed by atoms with Crippen LogP contribution in [0.4, 0.5) is 10.1 Å². The van der Waals surface area contributed by atoms with Gasteiger partial charge >= 0.3 is 0 Å². The highest BCUT2D eigenvalue weighted by Gasteiger charge is 2.13. The van der Waals surface area contributed by atoms with Gasteiger partial charge in [0.05, 0.1) is 6.61 Å². The van der Waals surface area contributed by atoms with E-state index in [1.54, 1.807) is 6.07 Å². The van der Waals surface area contributed by atoms with Gasteiger partial charge in [-0.25, -0.2) is 4.39 Å². The molecule has 3 nitrogen and oxygen atoms in total. The molecule has 2 N–H and O–H groups in total. The molecule has 4 heteroatoms. The van der Waals surface area contributed by atoms with Crippen molar-refractivity contribution in [2.75, 3.05) is 37.7 Å². The van der Waals surface area contributed by atoms with Crippen LogP contribution in [0.2, 0.25) is 0 Å². The molecular weight excluding hydrogens is 219 g/mol. The van der Waals surface area contributed by atoms with Crippen LogP contribution in [0.15, 0.2) is 18.2 Å². The highest BCUT2D eigenvalue weighted by Crippen LogP contribution is 2.23. The molecule has 1 aliphatic heterocycles. The predicted molar refractivity (Wildman–Crippen MR) is 66.8 cm³/mol. The van der Waals surface area contributed by atoms with Gasteiger partial charge in [0.25, 0.3) is 0 Å². The summed E-state index contributed by atoms with van der Waals surface area (Å²) in [6.07, 6.45) is 1.73. The van der Waals surface area contributed by atoms with E-state index in [1.807, 2.05) is 6.07 Å². The van der Waals surface area contributed by atoms with Crippen molar-refractivity contribution in [2.24, 2.45) is 5.73 Å². The first-order valence-electron chi connectivity index (χ1n) is 6.12. The fraction of sp³-hybridized carbons (Fsp3) is 0.538. The topological polar surface area (TPSA) is 38.5 Å². The molecule has 0 saturated carbocycles. The third-order valence-corrected chi connectivity index (χ3v) is 3.02. The largest absolute Gasteiger partial charge is 0.380 e. The Balaban J connectivity index is 2.22. The van der Waals surface area contributed by atoms with Gasteiger partial charge in [-0.05, 0) is 43.1 Å². The number of anilines is 1. The third kappa shape index (κ3) is 3.17. The van der Waals surface area contributed by atoms with Crippen molar-refractivity contribution in [3.8, 4) is 0 Å². The Kier molecular flexibility index (Phi) is 4.34. The van der Waals surface area contributed by atoms with Crippen molar-refractivity contribution in [2.45, 2.75) is 12.8 Å². The second-order valence-corrected chi connectivity index (χ2v) is 4.26. The zero-order valence-electron chi connectivity index (χ0n) is 9.99. The number of hydrogen-bond acceptors (Lipinski definition) is 3. The summed E-state index contributed by atoms with van der Waals surface area (Å²) in [5, 5.41) is 0. The van der Waals surface area contributed by atoms with Crippen LogP contribution in [0.1, 0.15) is 12.0 Å². The Morgan fingerprint density at radius 1 is 1.29 bits per heavy atom. The minimum atomic E-state index is -0.191. The second kappa shape index (κ2) is 5.98. The summed E-state index contributed by atoms with van der Waals surface area (Å²) in [5.74, 6) is -0.191. The van der Waals surface area contributed by atoms with Crippen LogP contribution in [0.3, 0.4) is 0 Å². The molecular formula is C13H19FN2O. The van der Waals surface area contributed by atoms with E-state index in [-0.39, 0.29) is 5.82 Å². The van der Waals surface area contributed by atoms with E-state index in [2.05, 4.69) is 4.90 Å². The van der Waals surface area contributed by atoms with Crippen LogP contribution >= 0.6 is 0 Å². The summed E-state index contributed by atoms with van der Waals surface area (Å²) in [6.45, 7) is 3.91. The number of ether oxygens (including phenoxy) is 1. The number of benzene rings is 1. The first kappa shape index (κ1) is 12.3. The summed E-state index contributed by atoms with van der Waals surface area (Å²) in [6, 6.07) is 4.96. The van der Waals surface area contributed by atoms with Crippen LogP contribution in [0.5, 0.6) is 0 Å². The average molecular weight is 238 g/mol. The summed E-state index contributed by atoms with van der Waals surface area (Å²) in [7, 11) is 0. The lowest BCUT2D eigenvalue weighted by Crippen LogP contribution is -2.27. The predicted octanol–water partition coefficient (Wildman–Crippen LogP) is 1.55. The van der Waals surface area contributed by atoms with E-state index in [1.165, 1.54) is 6.07 Å². The Bertz CT molecular complexity index is 362. The molecule has 0 bridgehead atoms. The van der Waals surface area contributed by atoms with Crippen molar-refractivity contribution in [3.63, 3.8) is 0 Å². The van der Waals surface area contributed by atoms with E-state index >= 15 is 0 Å². The van der Waals surface area contributed by atoms with E-state index < -0.39 is 0 Å². The van der Waals surface area contributed by atoms with Gasteiger partial charge in [0.2, 0.25) is 0 Å². The van der Waals surface area contributed by atoms with E-state index in [9.17, 15) is 4.39 Å². The molecule has 2 rings (SSSR count). The van der Waals surface area contributed by atoms with E-state index in [0.717, 1.165) is 44.0 Å². The van der Waals surface area contributed by atoms with Gasteiger partial charge in [0.1, 0.15) is 5.82 Å². The van der Waals surface area contributed by atoms with Gasteiger partial charge in [-0.3, -0.25) is 0 Å². The van der Waals surface area contributed by atoms with Gasteiger partial charge in [0, 0.05) is 25.4 Å². The molecule has 0 amide bonds. The number of nitrogens with two attached hydrogens (primary N) is 1. The lowest BCUT2D eigenvalue weighted by atomic mass is 10.1. The fourth-order valence-corrected chi connectivity index (χ4v) is 2.21. The highest BCUT2D eigenvalue weighted by atomic mass is 19.1. The normalized spacial score (nSPS) is 16.9. The molecule has 0 atom stereocenters. The number of halogens is 1. The number of hydrogen-bond donors (Lipinski definition) is 1. The van der Waals surface area contributed by atoms with Crippen molar-refractivity contribution in [3.05, 3.63) is 29.6 Å². The van der Waals surface area contributed by atoms with Gasteiger partial charge < -0.3 is 15.4 Å². The maximum Gasteiger partial charge on any atom is 0.123 e. The zero-order chi connectivity index (χ0) is 12.1. The van der Waals surface area contributed by atoms with Gasteiger partial charge in [0.15, 0.2) is 0 Å². The smallest absolute Gasteiger partial charge is 0.123 e. The monoisotopic (exact) mass is 238 g/mol. The Morgan fingerprint density at radius 2 is 2.18 bits per heavy atom. The summed E-state index contributed by atoms with van der Waals surface area (Å²) >= 11 is 0. The van der Waals surface area contributed by atoms with E-state index in [0.29, 0.717) is 13.0 Å². The quantitative estimate of drug-likeness (QED) is 0.868. The lowest BCUT2D eigenvalue weighted by Gasteiger charge is -2.24. The standard InChI is InChI=1S/C13H19FN2O/c14-12-2-3-13(11(10-12)4-5-15)16-6-1-8-17-9-7-16/h2-3,10H,1,4-9,15H2. The van der Waals surface area contributed by atoms with Crippen LogP contribution < -0.4 is 10.6 Å². The Morgan fingerprint density at radius 3 is 3.00 bits per heavy atom. The molecule has 1 saturated heterocycles. The molecule has 94 valence electrons. The number of rotatable bonds is 3. The SMILES string of the molecule is NCCc1cc(F)ccc1N1CCCOCC1. The lowest BCUT2D eigenvalue weighted by molar-refractivity contribution is 0.152. The maximum atomic E-state index is 13.2. The zero-order valence-corrected chi connectivity index (χ0v) is 9.99. The molecule has 1 aliphatic rings. The van der Waals surface area contributed by atoms with E-state index in [4.69, 9.17) is 10.5 Å². The van der Waals surface area contributed by atoms with Crippen molar-refractivity contribution in [1.82, 2.24) is 0 Å². The van der Waals surface area contributed by atoms with Crippen LogP contribution in [0.25, 0.3) is 0 Å². The average Bonchev–Trinajstić information content (AvgIpc) is 2.58. The highest BCUT2D eigenvalue weighted by molar-refractivity contribution is 5.54. The Hall–Kier alpha value is -1.13. The maximum absolute atomic E-state index is 13.2. The van der Waals surface area contributed by atoms with Crippen molar-refractivity contribution >= 4 is 5.69 Å². The molecule has 0 unspecified atom stereocenters. The second-order valence-electron chi connectivity index (χ2n) is 4.26. The summed E-state index contributed by atoms with van der Waals surface area (Å²) < 4.78 is 18.7. The number of nitrogens with zero attached hydrogens (tertiary/aromatic N) is 1. The molecule has 1 fully saturated rings. The van der Waals surface area contributed by atoms with Gasteiger partial charge in [-0.1, -0.05) is 0 Å². The van der Waals surface area contributed by atoms with Gasteiger partial charge in [-0.2, -0.15) is 0 Å².